The molecule has 0 radical (unpaired) electrons. The van der Waals surface area contributed by atoms with E-state index < -0.39 is 6.03 Å². The Kier molecular flexibility index (Phi) is 6.81. The zero-order valence-corrected chi connectivity index (χ0v) is 17.2. The lowest BCUT2D eigenvalue weighted by Crippen LogP contribution is -2.26. The molecule has 1 aromatic heterocycles. The summed E-state index contributed by atoms with van der Waals surface area (Å²) in [5, 5.41) is 17.3. The van der Waals surface area contributed by atoms with Gasteiger partial charge in [0, 0.05) is 50.1 Å². The first-order valence-electron chi connectivity index (χ1n) is 9.53. The second-order valence-corrected chi connectivity index (χ2v) is 6.94. The molecule has 3 aromatic rings. The highest BCUT2D eigenvalue weighted by Crippen LogP contribution is 2.23. The Morgan fingerprint density at radius 3 is 2.48 bits per heavy atom. The summed E-state index contributed by atoms with van der Waals surface area (Å²) in [6, 6.07) is 16.9. The quantitative estimate of drug-likeness (QED) is 0.571. The van der Waals surface area contributed by atoms with Crippen molar-refractivity contribution in [2.75, 3.05) is 29.6 Å². The fraction of sp³-hybridized carbons (Fsp3) is 0.130. The van der Waals surface area contributed by atoms with Crippen molar-refractivity contribution in [3.8, 4) is 6.07 Å². The predicted octanol–water partition coefficient (Wildman–Crippen LogP) is 3.59. The first kappa shape index (κ1) is 21.3. The summed E-state index contributed by atoms with van der Waals surface area (Å²) in [6.45, 7) is 0.340. The van der Waals surface area contributed by atoms with E-state index in [9.17, 15) is 9.59 Å². The van der Waals surface area contributed by atoms with Crippen LogP contribution in [0.5, 0.6) is 0 Å². The second-order valence-electron chi connectivity index (χ2n) is 6.94. The number of nitrogens with one attached hydrogen (secondary N) is 3. The molecule has 0 aliphatic carbocycles. The largest absolute Gasteiger partial charge is 0.377 e. The van der Waals surface area contributed by atoms with Crippen LogP contribution in [0.2, 0.25) is 0 Å². The maximum Gasteiger partial charge on any atom is 0.323 e. The summed E-state index contributed by atoms with van der Waals surface area (Å²) >= 11 is 0. The zero-order valence-electron chi connectivity index (χ0n) is 17.2. The third-order valence-corrected chi connectivity index (χ3v) is 4.41. The van der Waals surface area contributed by atoms with Gasteiger partial charge in [-0.1, -0.05) is 12.1 Å². The Hall–Kier alpha value is -4.38. The molecule has 0 fully saturated rings. The monoisotopic (exact) mass is 414 g/mol. The molecule has 0 atom stereocenters. The molecular weight excluding hydrogens is 392 g/mol. The average Bonchev–Trinajstić information content (AvgIpc) is 2.78. The molecule has 0 saturated heterocycles. The van der Waals surface area contributed by atoms with Gasteiger partial charge in [-0.25, -0.2) is 4.79 Å². The van der Waals surface area contributed by atoms with Crippen LogP contribution in [0.4, 0.5) is 21.9 Å². The van der Waals surface area contributed by atoms with Crippen LogP contribution in [0.15, 0.2) is 67.0 Å². The van der Waals surface area contributed by atoms with Crippen LogP contribution in [0.25, 0.3) is 0 Å². The fourth-order valence-corrected chi connectivity index (χ4v) is 2.93. The van der Waals surface area contributed by atoms with Gasteiger partial charge in [-0.05, 0) is 48.0 Å². The summed E-state index contributed by atoms with van der Waals surface area (Å²) in [5.41, 5.74) is 3.44. The Balaban J connectivity index is 1.73. The Morgan fingerprint density at radius 1 is 1.03 bits per heavy atom. The van der Waals surface area contributed by atoms with Crippen molar-refractivity contribution >= 4 is 29.0 Å². The minimum Gasteiger partial charge on any atom is -0.377 e. The number of hydrogen-bond donors (Lipinski definition) is 3. The van der Waals surface area contributed by atoms with Gasteiger partial charge >= 0.3 is 6.03 Å². The number of rotatable bonds is 6. The van der Waals surface area contributed by atoms with Crippen LogP contribution in [-0.4, -0.2) is 31.0 Å². The molecule has 156 valence electrons. The van der Waals surface area contributed by atoms with Crippen molar-refractivity contribution in [1.29, 1.82) is 5.26 Å². The van der Waals surface area contributed by atoms with E-state index in [1.54, 1.807) is 54.9 Å². The van der Waals surface area contributed by atoms with Gasteiger partial charge in [0.2, 0.25) is 0 Å². The molecular formula is C23H22N6O2. The lowest BCUT2D eigenvalue weighted by atomic mass is 10.1. The molecule has 0 unspecified atom stereocenters. The topological polar surface area (TPSA) is 110 Å². The van der Waals surface area contributed by atoms with Gasteiger partial charge in [-0.2, -0.15) is 5.26 Å². The first-order chi connectivity index (χ1) is 15.0. The number of anilines is 3. The van der Waals surface area contributed by atoms with Crippen molar-refractivity contribution in [3.05, 3.63) is 83.7 Å². The van der Waals surface area contributed by atoms with Gasteiger partial charge in [0.05, 0.1) is 17.2 Å². The predicted molar refractivity (Wildman–Crippen MR) is 120 cm³/mol. The number of amides is 3. The van der Waals surface area contributed by atoms with E-state index in [1.165, 1.54) is 0 Å². The number of aromatic nitrogens is 1. The molecule has 8 heteroatoms. The molecule has 0 aliphatic heterocycles. The Bertz CT molecular complexity index is 1120. The van der Waals surface area contributed by atoms with E-state index in [-0.39, 0.29) is 5.91 Å². The van der Waals surface area contributed by atoms with Gasteiger partial charge < -0.3 is 20.9 Å². The number of nitrogens with zero attached hydrogens (tertiary/aromatic N) is 3. The summed E-state index contributed by atoms with van der Waals surface area (Å²) in [6.07, 6.45) is 3.36. The van der Waals surface area contributed by atoms with Gasteiger partial charge in [-0.15, -0.1) is 0 Å². The SMILES string of the molecule is CN(C)c1ccc(NC(=O)Nc2cccc(C#N)c2)cc1C(=O)NCc1cccnc1. The van der Waals surface area contributed by atoms with E-state index in [2.05, 4.69) is 20.9 Å². The van der Waals surface area contributed by atoms with E-state index in [1.807, 2.05) is 37.2 Å². The van der Waals surface area contributed by atoms with Crippen LogP contribution < -0.4 is 20.9 Å². The van der Waals surface area contributed by atoms with Gasteiger partial charge in [0.15, 0.2) is 0 Å². The third kappa shape index (κ3) is 5.81. The highest BCUT2D eigenvalue weighted by molar-refractivity contribution is 6.04. The normalized spacial score (nSPS) is 9.97. The molecule has 3 rings (SSSR count). The molecule has 2 aromatic carbocycles. The molecule has 0 bridgehead atoms. The Labute approximate surface area is 180 Å². The molecule has 3 N–H and O–H groups in total. The number of carbonyl (C=O) groups is 2. The van der Waals surface area contributed by atoms with Crippen LogP contribution >= 0.6 is 0 Å². The number of benzene rings is 2. The third-order valence-electron chi connectivity index (χ3n) is 4.41. The highest BCUT2D eigenvalue weighted by atomic mass is 16.2. The minimum absolute atomic E-state index is 0.265. The molecule has 31 heavy (non-hydrogen) atoms. The highest BCUT2D eigenvalue weighted by Gasteiger charge is 2.15. The van der Waals surface area contributed by atoms with Crippen molar-refractivity contribution < 1.29 is 9.59 Å². The maximum absolute atomic E-state index is 12.8. The number of pyridine rings is 1. The van der Waals surface area contributed by atoms with Gasteiger partial charge in [-0.3, -0.25) is 9.78 Å². The van der Waals surface area contributed by atoms with Crippen molar-refractivity contribution in [1.82, 2.24) is 10.3 Å². The van der Waals surface area contributed by atoms with Gasteiger partial charge in [0.25, 0.3) is 5.91 Å². The number of hydrogen-bond acceptors (Lipinski definition) is 5. The number of urea groups is 1. The summed E-state index contributed by atoms with van der Waals surface area (Å²) in [7, 11) is 3.68. The maximum atomic E-state index is 12.8. The molecule has 8 nitrogen and oxygen atoms in total. The van der Waals surface area contributed by atoms with Crippen molar-refractivity contribution in [2.45, 2.75) is 6.54 Å². The molecule has 3 amide bonds. The standard InChI is InChI=1S/C23H22N6O2/c1-29(2)21-9-8-19(28-23(31)27-18-7-3-5-16(11-18)13-24)12-20(21)22(30)26-15-17-6-4-10-25-14-17/h3-12,14H,15H2,1-2H3,(H,26,30)(H2,27,28,31). The van der Waals surface area contributed by atoms with E-state index in [0.29, 0.717) is 29.0 Å². The van der Waals surface area contributed by atoms with Gasteiger partial charge in [0.1, 0.15) is 0 Å². The molecule has 0 saturated carbocycles. The van der Waals surface area contributed by atoms with Crippen LogP contribution in [-0.2, 0) is 6.54 Å². The summed E-state index contributed by atoms with van der Waals surface area (Å²) in [5.74, 6) is -0.265. The van der Waals surface area contributed by atoms with Crippen LogP contribution in [0.3, 0.4) is 0 Å². The fourth-order valence-electron chi connectivity index (χ4n) is 2.93. The molecule has 0 spiro atoms. The van der Waals surface area contributed by atoms with Crippen molar-refractivity contribution in [2.24, 2.45) is 0 Å². The minimum atomic E-state index is -0.477. The smallest absolute Gasteiger partial charge is 0.323 e. The van der Waals surface area contributed by atoms with E-state index >= 15 is 0 Å². The van der Waals surface area contributed by atoms with Crippen LogP contribution in [0.1, 0.15) is 21.5 Å². The Morgan fingerprint density at radius 2 is 1.81 bits per heavy atom. The lowest BCUT2D eigenvalue weighted by molar-refractivity contribution is 0.0951. The zero-order chi connectivity index (χ0) is 22.2. The van der Waals surface area contributed by atoms with E-state index in [4.69, 9.17) is 5.26 Å². The molecule has 1 heterocycles. The van der Waals surface area contributed by atoms with Crippen molar-refractivity contribution in [3.63, 3.8) is 0 Å². The second kappa shape index (κ2) is 9.89. The first-order valence-corrected chi connectivity index (χ1v) is 9.53. The van der Waals surface area contributed by atoms with E-state index in [0.717, 1.165) is 11.3 Å². The average molecular weight is 414 g/mol. The lowest BCUT2D eigenvalue weighted by Gasteiger charge is -2.18. The molecule has 0 aliphatic rings. The van der Waals surface area contributed by atoms with Crippen LogP contribution in [0, 0.1) is 11.3 Å². The summed E-state index contributed by atoms with van der Waals surface area (Å²) in [4.78, 5) is 31.1. The number of nitriles is 1. The number of carbonyl (C=O) groups excluding carboxylic acids is 2. The summed E-state index contributed by atoms with van der Waals surface area (Å²) < 4.78 is 0.